The predicted octanol–water partition coefficient (Wildman–Crippen LogP) is 5.07. The van der Waals surface area contributed by atoms with Crippen LogP contribution >= 0.6 is 0 Å². The summed E-state index contributed by atoms with van der Waals surface area (Å²) in [6.45, 7) is 5.41. The molecule has 0 amide bonds. The van der Waals surface area contributed by atoms with Crippen molar-refractivity contribution in [1.29, 1.82) is 0 Å². The Morgan fingerprint density at radius 1 is 0.917 bits per heavy atom. The molecule has 0 heterocycles. The standard InChI is InChI=1S/C22H30N2/c1-4-5-17-24(19-21-10-7-6-8-11-21)18-9-12-20-13-15-22(16-14-20)23(2)3/h6-16H,4-5,17-19H2,1-3H3. The lowest BCUT2D eigenvalue weighted by atomic mass is 10.1. The minimum Gasteiger partial charge on any atom is -0.378 e. The maximum Gasteiger partial charge on any atom is 0.0361 e. The molecule has 128 valence electrons. The van der Waals surface area contributed by atoms with E-state index in [0.29, 0.717) is 0 Å². The molecule has 2 nitrogen and oxygen atoms in total. The molecule has 0 fully saturated rings. The molecule has 0 spiro atoms. The fourth-order valence-corrected chi connectivity index (χ4v) is 2.68. The van der Waals surface area contributed by atoms with Crippen molar-refractivity contribution in [3.63, 3.8) is 0 Å². The van der Waals surface area contributed by atoms with Gasteiger partial charge in [-0.1, -0.05) is 68.0 Å². The molecule has 2 aromatic rings. The molecule has 0 radical (unpaired) electrons. The van der Waals surface area contributed by atoms with Gasteiger partial charge in [-0.25, -0.2) is 0 Å². The minimum atomic E-state index is 0.990. The van der Waals surface area contributed by atoms with Crippen molar-refractivity contribution in [2.45, 2.75) is 26.3 Å². The number of nitrogens with zero attached hydrogens (tertiary/aromatic N) is 2. The smallest absolute Gasteiger partial charge is 0.0361 e. The first kappa shape index (κ1) is 18.3. The second-order valence-electron chi connectivity index (χ2n) is 6.46. The molecule has 0 unspecified atom stereocenters. The van der Waals surface area contributed by atoms with E-state index in [4.69, 9.17) is 0 Å². The van der Waals surface area contributed by atoms with Crippen molar-refractivity contribution in [3.8, 4) is 0 Å². The molecule has 2 rings (SSSR count). The van der Waals surface area contributed by atoms with Gasteiger partial charge in [-0.05, 0) is 36.2 Å². The molecule has 0 saturated heterocycles. The SMILES string of the molecule is CCCCN(CC=Cc1ccc(N(C)C)cc1)Cc1ccccc1. The van der Waals surface area contributed by atoms with Crippen molar-refractivity contribution < 1.29 is 0 Å². The Morgan fingerprint density at radius 2 is 1.62 bits per heavy atom. The monoisotopic (exact) mass is 322 g/mol. The molecular weight excluding hydrogens is 292 g/mol. The van der Waals surface area contributed by atoms with Crippen molar-refractivity contribution >= 4 is 11.8 Å². The first-order valence-electron chi connectivity index (χ1n) is 8.89. The number of unbranched alkanes of at least 4 members (excludes halogenated alkanes) is 1. The number of hydrogen-bond acceptors (Lipinski definition) is 2. The van der Waals surface area contributed by atoms with Crippen LogP contribution in [0.25, 0.3) is 6.08 Å². The van der Waals surface area contributed by atoms with E-state index in [2.05, 4.69) is 97.6 Å². The minimum absolute atomic E-state index is 0.990. The van der Waals surface area contributed by atoms with E-state index in [-0.39, 0.29) is 0 Å². The summed E-state index contributed by atoms with van der Waals surface area (Å²) in [5.41, 5.74) is 3.88. The van der Waals surface area contributed by atoms with Gasteiger partial charge in [0.25, 0.3) is 0 Å². The van der Waals surface area contributed by atoms with E-state index < -0.39 is 0 Å². The van der Waals surface area contributed by atoms with Crippen molar-refractivity contribution in [1.82, 2.24) is 4.90 Å². The third-order valence-electron chi connectivity index (χ3n) is 4.16. The number of hydrogen-bond donors (Lipinski definition) is 0. The average Bonchev–Trinajstić information content (AvgIpc) is 2.61. The Labute approximate surface area is 147 Å². The highest BCUT2D eigenvalue weighted by atomic mass is 15.1. The lowest BCUT2D eigenvalue weighted by Crippen LogP contribution is -2.24. The number of rotatable bonds is 9. The van der Waals surface area contributed by atoms with Crippen molar-refractivity contribution in [3.05, 3.63) is 71.8 Å². The molecule has 0 saturated carbocycles. The summed E-state index contributed by atoms with van der Waals surface area (Å²) in [6, 6.07) is 19.4. The third kappa shape index (κ3) is 6.21. The van der Waals surface area contributed by atoms with Crippen LogP contribution in [0.4, 0.5) is 5.69 Å². The Balaban J connectivity index is 1.93. The van der Waals surface area contributed by atoms with Gasteiger partial charge in [0.15, 0.2) is 0 Å². The second kappa shape index (κ2) is 9.94. The van der Waals surface area contributed by atoms with Crippen LogP contribution in [-0.2, 0) is 6.54 Å². The zero-order chi connectivity index (χ0) is 17.2. The maximum atomic E-state index is 2.52. The van der Waals surface area contributed by atoms with Gasteiger partial charge in [-0.2, -0.15) is 0 Å². The quantitative estimate of drug-likeness (QED) is 0.636. The van der Waals surface area contributed by atoms with Crippen LogP contribution in [0.1, 0.15) is 30.9 Å². The zero-order valence-corrected chi connectivity index (χ0v) is 15.3. The van der Waals surface area contributed by atoms with E-state index in [9.17, 15) is 0 Å². The molecule has 2 heteroatoms. The van der Waals surface area contributed by atoms with Crippen molar-refractivity contribution in [2.75, 3.05) is 32.1 Å². The summed E-state index contributed by atoms with van der Waals surface area (Å²) >= 11 is 0. The number of anilines is 1. The van der Waals surface area contributed by atoms with Gasteiger partial charge in [0.05, 0.1) is 0 Å². The molecular formula is C22H30N2. The van der Waals surface area contributed by atoms with E-state index in [1.165, 1.54) is 29.7 Å². The molecule has 2 aromatic carbocycles. The largest absolute Gasteiger partial charge is 0.378 e. The summed E-state index contributed by atoms with van der Waals surface area (Å²) in [5.74, 6) is 0. The molecule has 0 aliphatic carbocycles. The Bertz CT molecular complexity index is 600. The Kier molecular flexibility index (Phi) is 7.57. The summed E-state index contributed by atoms with van der Waals surface area (Å²) in [5, 5.41) is 0. The fourth-order valence-electron chi connectivity index (χ4n) is 2.68. The van der Waals surface area contributed by atoms with Crippen LogP contribution in [0, 0.1) is 0 Å². The maximum absolute atomic E-state index is 2.52. The van der Waals surface area contributed by atoms with Crippen molar-refractivity contribution in [2.24, 2.45) is 0 Å². The lowest BCUT2D eigenvalue weighted by Gasteiger charge is -2.20. The summed E-state index contributed by atoms with van der Waals surface area (Å²) in [4.78, 5) is 4.64. The lowest BCUT2D eigenvalue weighted by molar-refractivity contribution is 0.290. The van der Waals surface area contributed by atoms with Crippen LogP contribution in [0.15, 0.2) is 60.7 Å². The topological polar surface area (TPSA) is 6.48 Å². The highest BCUT2D eigenvalue weighted by molar-refractivity contribution is 5.55. The van der Waals surface area contributed by atoms with E-state index in [1.807, 2.05) is 0 Å². The van der Waals surface area contributed by atoms with Gasteiger partial charge in [0, 0.05) is 32.9 Å². The average molecular weight is 322 g/mol. The van der Waals surface area contributed by atoms with Gasteiger partial charge in [0.2, 0.25) is 0 Å². The van der Waals surface area contributed by atoms with Gasteiger partial charge in [0.1, 0.15) is 0 Å². The molecule has 0 aliphatic heterocycles. The Morgan fingerprint density at radius 3 is 2.25 bits per heavy atom. The normalized spacial score (nSPS) is 11.3. The fraction of sp³-hybridized carbons (Fsp3) is 0.364. The van der Waals surface area contributed by atoms with Crippen LogP contribution in [0.5, 0.6) is 0 Å². The molecule has 0 aliphatic rings. The third-order valence-corrected chi connectivity index (χ3v) is 4.16. The van der Waals surface area contributed by atoms with Crippen LogP contribution in [0.3, 0.4) is 0 Å². The highest BCUT2D eigenvalue weighted by Crippen LogP contribution is 2.13. The van der Waals surface area contributed by atoms with E-state index in [1.54, 1.807) is 0 Å². The molecule has 0 atom stereocenters. The van der Waals surface area contributed by atoms with Gasteiger partial charge in [-0.15, -0.1) is 0 Å². The first-order valence-corrected chi connectivity index (χ1v) is 8.89. The first-order chi connectivity index (χ1) is 11.7. The van der Waals surface area contributed by atoms with E-state index >= 15 is 0 Å². The molecule has 0 aromatic heterocycles. The predicted molar refractivity (Wildman–Crippen MR) is 106 cm³/mol. The van der Waals surface area contributed by atoms with Gasteiger partial charge in [-0.3, -0.25) is 4.90 Å². The summed E-state index contributed by atoms with van der Waals surface area (Å²) in [6.07, 6.45) is 6.99. The summed E-state index contributed by atoms with van der Waals surface area (Å²) < 4.78 is 0. The van der Waals surface area contributed by atoms with E-state index in [0.717, 1.165) is 19.6 Å². The molecule has 24 heavy (non-hydrogen) atoms. The van der Waals surface area contributed by atoms with Crippen LogP contribution in [0.2, 0.25) is 0 Å². The Hall–Kier alpha value is -2.06. The molecule has 0 bridgehead atoms. The van der Waals surface area contributed by atoms with Gasteiger partial charge < -0.3 is 4.90 Å². The highest BCUT2D eigenvalue weighted by Gasteiger charge is 2.03. The number of benzene rings is 2. The molecule has 0 N–H and O–H groups in total. The summed E-state index contributed by atoms with van der Waals surface area (Å²) in [7, 11) is 4.14. The van der Waals surface area contributed by atoms with Crippen LogP contribution in [-0.4, -0.2) is 32.1 Å². The van der Waals surface area contributed by atoms with Gasteiger partial charge >= 0.3 is 0 Å². The second-order valence-corrected chi connectivity index (χ2v) is 6.46. The van der Waals surface area contributed by atoms with Crippen LogP contribution < -0.4 is 4.90 Å². The zero-order valence-electron chi connectivity index (χ0n) is 15.3.